The Morgan fingerprint density at radius 3 is 2.70 bits per heavy atom. The number of benzene rings is 3. The smallest absolute Gasteiger partial charge is 0.226 e. The molecule has 1 amide bonds. The molecule has 1 N–H and O–H groups in total. The molecule has 0 unspecified atom stereocenters. The van der Waals surface area contributed by atoms with E-state index >= 15 is 0 Å². The molecule has 0 aliphatic carbocycles. The Balaban J connectivity index is 1.33. The van der Waals surface area contributed by atoms with Gasteiger partial charge in [-0.1, -0.05) is 30.3 Å². The zero-order chi connectivity index (χ0) is 20.8. The summed E-state index contributed by atoms with van der Waals surface area (Å²) in [5.41, 5.74) is 2.72. The third-order valence-corrected chi connectivity index (χ3v) is 4.76. The molecule has 0 spiro atoms. The highest BCUT2D eigenvalue weighted by Crippen LogP contribution is 2.21. The first-order valence-electron chi connectivity index (χ1n) is 9.77. The van der Waals surface area contributed by atoms with Crippen molar-refractivity contribution in [3.05, 3.63) is 84.6 Å². The van der Waals surface area contributed by atoms with Crippen molar-refractivity contribution >= 4 is 22.5 Å². The Kier molecular flexibility index (Phi) is 5.94. The third kappa shape index (κ3) is 4.78. The van der Waals surface area contributed by atoms with Crippen molar-refractivity contribution in [1.29, 1.82) is 0 Å². The number of carbonyl (C=O) groups is 1. The molecule has 6 nitrogen and oxygen atoms in total. The summed E-state index contributed by atoms with van der Waals surface area (Å²) in [5, 5.41) is 8.32. The summed E-state index contributed by atoms with van der Waals surface area (Å²) in [7, 11) is 1.64. The second-order valence-electron chi connectivity index (χ2n) is 6.89. The Hall–Kier alpha value is -3.80. The lowest BCUT2D eigenvalue weighted by Gasteiger charge is -2.09. The summed E-state index contributed by atoms with van der Waals surface area (Å²) in [5.74, 6) is 1.54. The molecule has 0 aliphatic heterocycles. The Bertz CT molecular complexity index is 1140. The van der Waals surface area contributed by atoms with Gasteiger partial charge < -0.3 is 14.8 Å². The van der Waals surface area contributed by atoms with Crippen LogP contribution in [0.2, 0.25) is 0 Å². The number of para-hydroxylation sites is 1. The fraction of sp³-hybridized carbons (Fsp3) is 0.167. The van der Waals surface area contributed by atoms with Gasteiger partial charge in [0.2, 0.25) is 5.91 Å². The Morgan fingerprint density at radius 2 is 1.87 bits per heavy atom. The fourth-order valence-electron chi connectivity index (χ4n) is 3.22. The first-order chi connectivity index (χ1) is 14.7. The second-order valence-corrected chi connectivity index (χ2v) is 6.89. The van der Waals surface area contributed by atoms with Gasteiger partial charge in [-0.3, -0.25) is 9.48 Å². The third-order valence-electron chi connectivity index (χ3n) is 4.76. The molecule has 0 saturated heterocycles. The van der Waals surface area contributed by atoms with E-state index in [1.807, 2.05) is 77.5 Å². The largest absolute Gasteiger partial charge is 0.497 e. The molecule has 0 aliphatic rings. The topological polar surface area (TPSA) is 65.4 Å². The first kappa shape index (κ1) is 19.5. The van der Waals surface area contributed by atoms with E-state index in [0.29, 0.717) is 19.6 Å². The van der Waals surface area contributed by atoms with Gasteiger partial charge in [0.1, 0.15) is 18.1 Å². The van der Waals surface area contributed by atoms with Crippen molar-refractivity contribution in [1.82, 2.24) is 9.78 Å². The van der Waals surface area contributed by atoms with Crippen LogP contribution in [-0.2, 0) is 17.9 Å². The first-order valence-corrected chi connectivity index (χ1v) is 9.77. The van der Waals surface area contributed by atoms with Gasteiger partial charge in [0.15, 0.2) is 0 Å². The number of methoxy groups -OCH3 is 1. The van der Waals surface area contributed by atoms with E-state index in [9.17, 15) is 4.79 Å². The van der Waals surface area contributed by atoms with Gasteiger partial charge in [-0.15, -0.1) is 0 Å². The number of anilines is 1. The van der Waals surface area contributed by atoms with E-state index in [1.54, 1.807) is 13.3 Å². The Labute approximate surface area is 175 Å². The van der Waals surface area contributed by atoms with Crippen LogP contribution in [-0.4, -0.2) is 22.8 Å². The molecule has 1 aromatic heterocycles. The highest BCUT2D eigenvalue weighted by molar-refractivity contribution is 5.90. The molecule has 1 heterocycles. The second kappa shape index (κ2) is 9.13. The molecule has 30 heavy (non-hydrogen) atoms. The lowest BCUT2D eigenvalue weighted by molar-refractivity contribution is -0.116. The lowest BCUT2D eigenvalue weighted by Crippen LogP contribution is -2.15. The zero-order valence-corrected chi connectivity index (χ0v) is 16.7. The van der Waals surface area contributed by atoms with E-state index in [4.69, 9.17) is 9.47 Å². The molecule has 3 aromatic carbocycles. The van der Waals surface area contributed by atoms with Crippen molar-refractivity contribution < 1.29 is 14.3 Å². The standard InChI is InChI=1S/C24H23N3O3/c1-29-22-10-11-23-19(15-22)16-25-27(23)13-12-24(28)26-20-7-5-6-18(14-20)17-30-21-8-3-2-4-9-21/h2-11,14-16H,12-13,17H2,1H3,(H,26,28). The van der Waals surface area contributed by atoms with E-state index in [1.165, 1.54) is 0 Å². The lowest BCUT2D eigenvalue weighted by atomic mass is 10.2. The highest BCUT2D eigenvalue weighted by atomic mass is 16.5. The van der Waals surface area contributed by atoms with Crippen molar-refractivity contribution in [2.75, 3.05) is 12.4 Å². The van der Waals surface area contributed by atoms with Gasteiger partial charge >= 0.3 is 0 Å². The van der Waals surface area contributed by atoms with Crippen molar-refractivity contribution in [3.63, 3.8) is 0 Å². The molecule has 4 aromatic rings. The van der Waals surface area contributed by atoms with Crippen LogP contribution in [0.3, 0.4) is 0 Å². The molecular weight excluding hydrogens is 378 g/mol. The summed E-state index contributed by atoms with van der Waals surface area (Å²) in [6.45, 7) is 0.939. The predicted molar refractivity (Wildman–Crippen MR) is 117 cm³/mol. The summed E-state index contributed by atoms with van der Waals surface area (Å²) in [4.78, 5) is 12.4. The number of rotatable bonds is 8. The van der Waals surface area contributed by atoms with Gasteiger partial charge in [-0.25, -0.2) is 0 Å². The zero-order valence-electron chi connectivity index (χ0n) is 16.7. The summed E-state index contributed by atoms with van der Waals surface area (Å²) in [6.07, 6.45) is 2.11. The van der Waals surface area contributed by atoms with Crippen LogP contribution < -0.4 is 14.8 Å². The van der Waals surface area contributed by atoms with Crippen LogP contribution in [0.1, 0.15) is 12.0 Å². The molecular formula is C24H23N3O3. The molecule has 152 valence electrons. The maximum absolute atomic E-state index is 12.4. The van der Waals surface area contributed by atoms with E-state index < -0.39 is 0 Å². The summed E-state index contributed by atoms with van der Waals surface area (Å²) in [6, 6.07) is 23.1. The van der Waals surface area contributed by atoms with Crippen LogP contribution in [0.15, 0.2) is 79.0 Å². The number of aryl methyl sites for hydroxylation is 1. The Morgan fingerprint density at radius 1 is 1.00 bits per heavy atom. The van der Waals surface area contributed by atoms with E-state index in [0.717, 1.165) is 33.7 Å². The minimum absolute atomic E-state index is 0.0618. The average molecular weight is 401 g/mol. The van der Waals surface area contributed by atoms with Crippen LogP contribution in [0.25, 0.3) is 10.9 Å². The summed E-state index contributed by atoms with van der Waals surface area (Å²) < 4.78 is 12.8. The molecule has 4 rings (SSSR count). The quantitative estimate of drug-likeness (QED) is 0.467. The minimum atomic E-state index is -0.0618. The maximum atomic E-state index is 12.4. The number of aromatic nitrogens is 2. The average Bonchev–Trinajstić information content (AvgIpc) is 3.19. The number of hydrogen-bond acceptors (Lipinski definition) is 4. The molecule has 0 saturated carbocycles. The molecule has 0 fully saturated rings. The van der Waals surface area contributed by atoms with Gasteiger partial charge in [0, 0.05) is 17.5 Å². The number of carbonyl (C=O) groups excluding carboxylic acids is 1. The number of fused-ring (bicyclic) bond motifs is 1. The predicted octanol–water partition coefficient (Wildman–Crippen LogP) is 4.65. The minimum Gasteiger partial charge on any atom is -0.497 e. The van der Waals surface area contributed by atoms with Gasteiger partial charge in [-0.05, 0) is 48.0 Å². The number of nitrogens with one attached hydrogen (secondary N) is 1. The molecule has 6 heteroatoms. The number of hydrogen-bond donors (Lipinski definition) is 1. The van der Waals surface area contributed by atoms with Gasteiger partial charge in [-0.2, -0.15) is 5.10 Å². The van der Waals surface area contributed by atoms with Crippen LogP contribution in [0.5, 0.6) is 11.5 Å². The number of amides is 1. The van der Waals surface area contributed by atoms with Crippen LogP contribution in [0, 0.1) is 0 Å². The molecule has 0 bridgehead atoms. The van der Waals surface area contributed by atoms with Gasteiger partial charge in [0.05, 0.1) is 25.4 Å². The van der Waals surface area contributed by atoms with Crippen molar-refractivity contribution in [3.8, 4) is 11.5 Å². The highest BCUT2D eigenvalue weighted by Gasteiger charge is 2.08. The van der Waals surface area contributed by atoms with E-state index in [2.05, 4.69) is 10.4 Å². The molecule has 0 radical (unpaired) electrons. The molecule has 0 atom stereocenters. The van der Waals surface area contributed by atoms with Crippen molar-refractivity contribution in [2.45, 2.75) is 19.6 Å². The monoisotopic (exact) mass is 401 g/mol. The van der Waals surface area contributed by atoms with Crippen LogP contribution >= 0.6 is 0 Å². The fourth-order valence-corrected chi connectivity index (χ4v) is 3.22. The van der Waals surface area contributed by atoms with Gasteiger partial charge in [0.25, 0.3) is 0 Å². The maximum Gasteiger partial charge on any atom is 0.226 e. The van der Waals surface area contributed by atoms with E-state index in [-0.39, 0.29) is 5.91 Å². The number of nitrogens with zero attached hydrogens (tertiary/aromatic N) is 2. The SMILES string of the molecule is COc1ccc2c(cnn2CCC(=O)Nc2cccc(COc3ccccc3)c2)c1. The van der Waals surface area contributed by atoms with Crippen molar-refractivity contribution in [2.24, 2.45) is 0 Å². The normalized spacial score (nSPS) is 10.7. The number of ether oxygens (including phenoxy) is 2. The summed E-state index contributed by atoms with van der Waals surface area (Å²) >= 11 is 0. The van der Waals surface area contributed by atoms with Crippen LogP contribution in [0.4, 0.5) is 5.69 Å².